The van der Waals surface area contributed by atoms with Crippen molar-refractivity contribution in [1.29, 1.82) is 0 Å². The monoisotopic (exact) mass is 400 g/mol. The number of hydrogen-bond acceptors (Lipinski definition) is 2. The van der Waals surface area contributed by atoms with Crippen LogP contribution in [0, 0.1) is 0 Å². The van der Waals surface area contributed by atoms with Crippen LogP contribution in [0.1, 0.15) is 38.2 Å². The Labute approximate surface area is 174 Å². The molecule has 29 heavy (non-hydrogen) atoms. The Kier molecular flexibility index (Phi) is 6.50. The van der Waals surface area contributed by atoms with Crippen molar-refractivity contribution in [3.05, 3.63) is 29.8 Å². The van der Waals surface area contributed by atoms with Gasteiger partial charge < -0.3 is 19.6 Å². The number of likely N-dealkylation sites (tertiary alicyclic amines) is 1. The SMILES string of the molecule is C[C@H](C(=O)N1CCc2ccccc21)[NH+]1CC[NH+](CC(=O)N2CCCCCC2)CC1. The molecule has 1 atom stereocenters. The van der Waals surface area contributed by atoms with E-state index in [-0.39, 0.29) is 11.9 Å². The maximum atomic E-state index is 13.1. The second-order valence-corrected chi connectivity index (χ2v) is 8.97. The van der Waals surface area contributed by atoms with Crippen LogP contribution < -0.4 is 14.7 Å². The maximum absolute atomic E-state index is 13.1. The van der Waals surface area contributed by atoms with Gasteiger partial charge >= 0.3 is 0 Å². The Balaban J connectivity index is 1.27. The second-order valence-electron chi connectivity index (χ2n) is 8.97. The number of benzene rings is 1. The van der Waals surface area contributed by atoms with E-state index in [0.717, 1.165) is 70.8 Å². The first-order valence-corrected chi connectivity index (χ1v) is 11.5. The van der Waals surface area contributed by atoms with Gasteiger partial charge in [-0.3, -0.25) is 9.59 Å². The summed E-state index contributed by atoms with van der Waals surface area (Å²) < 4.78 is 0. The molecule has 3 aliphatic heterocycles. The molecule has 2 saturated heterocycles. The Morgan fingerprint density at radius 1 is 0.966 bits per heavy atom. The number of rotatable bonds is 4. The van der Waals surface area contributed by atoms with E-state index in [1.165, 1.54) is 28.2 Å². The zero-order valence-corrected chi connectivity index (χ0v) is 17.8. The number of para-hydroxylation sites is 1. The van der Waals surface area contributed by atoms with Crippen LogP contribution in [-0.2, 0) is 16.0 Å². The molecular formula is C23H36N4O2+2. The van der Waals surface area contributed by atoms with Crippen LogP contribution in [0.3, 0.4) is 0 Å². The third-order valence-electron chi connectivity index (χ3n) is 7.10. The second kappa shape index (κ2) is 9.26. The van der Waals surface area contributed by atoms with Gasteiger partial charge in [-0.25, -0.2) is 0 Å². The zero-order valence-electron chi connectivity index (χ0n) is 17.8. The van der Waals surface area contributed by atoms with Crippen LogP contribution in [0.15, 0.2) is 24.3 Å². The van der Waals surface area contributed by atoms with E-state index in [0.29, 0.717) is 12.5 Å². The molecule has 0 saturated carbocycles. The predicted octanol–water partition coefficient (Wildman–Crippen LogP) is -0.850. The highest BCUT2D eigenvalue weighted by atomic mass is 16.2. The van der Waals surface area contributed by atoms with Gasteiger partial charge in [-0.05, 0) is 37.8 Å². The van der Waals surface area contributed by atoms with E-state index >= 15 is 0 Å². The molecule has 0 spiro atoms. The van der Waals surface area contributed by atoms with Gasteiger partial charge in [0, 0.05) is 25.3 Å². The number of carbonyl (C=O) groups is 2. The van der Waals surface area contributed by atoms with Gasteiger partial charge in [0.2, 0.25) is 0 Å². The number of nitrogens with zero attached hydrogens (tertiary/aromatic N) is 2. The molecule has 158 valence electrons. The number of nitrogens with one attached hydrogen (secondary N) is 2. The summed E-state index contributed by atoms with van der Waals surface area (Å²) >= 11 is 0. The first kappa shape index (κ1) is 20.4. The number of quaternary nitrogens is 2. The summed E-state index contributed by atoms with van der Waals surface area (Å²) in [4.78, 5) is 32.6. The molecule has 1 aromatic carbocycles. The first-order chi connectivity index (χ1) is 14.1. The lowest BCUT2D eigenvalue weighted by molar-refractivity contribution is -1.01. The summed E-state index contributed by atoms with van der Waals surface area (Å²) in [5, 5.41) is 0. The third-order valence-corrected chi connectivity index (χ3v) is 7.10. The topological polar surface area (TPSA) is 49.5 Å². The van der Waals surface area contributed by atoms with Crippen LogP contribution in [-0.4, -0.2) is 75.1 Å². The molecule has 1 aromatic rings. The number of carbonyl (C=O) groups excluding carboxylic acids is 2. The number of fused-ring (bicyclic) bond motifs is 1. The molecule has 0 bridgehead atoms. The van der Waals surface area contributed by atoms with Gasteiger partial charge in [-0.2, -0.15) is 0 Å². The van der Waals surface area contributed by atoms with E-state index in [1.54, 1.807) is 0 Å². The number of hydrogen-bond donors (Lipinski definition) is 2. The predicted molar refractivity (Wildman–Crippen MR) is 113 cm³/mol. The highest BCUT2D eigenvalue weighted by molar-refractivity contribution is 5.97. The summed E-state index contributed by atoms with van der Waals surface area (Å²) in [7, 11) is 0. The minimum Gasteiger partial charge on any atom is -0.338 e. The van der Waals surface area contributed by atoms with Crippen molar-refractivity contribution in [1.82, 2.24) is 4.90 Å². The van der Waals surface area contributed by atoms with Crippen molar-refractivity contribution in [2.75, 3.05) is 57.3 Å². The Bertz CT molecular complexity index is 721. The molecule has 0 unspecified atom stereocenters. The van der Waals surface area contributed by atoms with Gasteiger partial charge in [-0.1, -0.05) is 31.0 Å². The highest BCUT2D eigenvalue weighted by Crippen LogP contribution is 2.27. The molecule has 0 aromatic heterocycles. The maximum Gasteiger partial charge on any atom is 0.284 e. The van der Waals surface area contributed by atoms with Crippen LogP contribution >= 0.6 is 0 Å². The van der Waals surface area contributed by atoms with Crippen molar-refractivity contribution in [3.63, 3.8) is 0 Å². The fourth-order valence-corrected chi connectivity index (χ4v) is 5.16. The normalized spacial score (nSPS) is 26.0. The average Bonchev–Trinajstić information content (AvgIpc) is 2.98. The molecule has 4 rings (SSSR count). The van der Waals surface area contributed by atoms with Crippen molar-refractivity contribution >= 4 is 17.5 Å². The summed E-state index contributed by atoms with van der Waals surface area (Å²) in [6.45, 7) is 9.25. The Morgan fingerprint density at radius 2 is 1.66 bits per heavy atom. The fourth-order valence-electron chi connectivity index (χ4n) is 5.16. The van der Waals surface area contributed by atoms with E-state index in [4.69, 9.17) is 0 Å². The summed E-state index contributed by atoms with van der Waals surface area (Å²) in [5.74, 6) is 0.567. The molecule has 6 heteroatoms. The van der Waals surface area contributed by atoms with E-state index in [2.05, 4.69) is 30.0 Å². The van der Waals surface area contributed by atoms with Gasteiger partial charge in [0.05, 0.1) is 0 Å². The molecule has 2 N–H and O–H groups in total. The van der Waals surface area contributed by atoms with Gasteiger partial charge in [-0.15, -0.1) is 0 Å². The fraction of sp³-hybridized carbons (Fsp3) is 0.652. The van der Waals surface area contributed by atoms with Crippen molar-refractivity contribution in [2.24, 2.45) is 0 Å². The largest absolute Gasteiger partial charge is 0.338 e. The molecule has 3 heterocycles. The molecule has 2 fully saturated rings. The molecule has 2 amide bonds. The quantitative estimate of drug-likeness (QED) is 0.692. The van der Waals surface area contributed by atoms with Gasteiger partial charge in [0.15, 0.2) is 12.6 Å². The highest BCUT2D eigenvalue weighted by Gasteiger charge is 2.36. The van der Waals surface area contributed by atoms with E-state index in [9.17, 15) is 9.59 Å². The number of piperazine rings is 1. The average molecular weight is 401 g/mol. The zero-order chi connectivity index (χ0) is 20.2. The Hall–Kier alpha value is -1.92. The lowest BCUT2D eigenvalue weighted by Gasteiger charge is -2.34. The summed E-state index contributed by atoms with van der Waals surface area (Å²) in [6.07, 6.45) is 5.77. The Morgan fingerprint density at radius 3 is 2.38 bits per heavy atom. The van der Waals surface area contributed by atoms with Gasteiger partial charge in [0.1, 0.15) is 26.2 Å². The standard InChI is InChI=1S/C23H34N4O2/c1-19(23(29)27-13-10-20-8-4-5-9-21(20)27)25-16-14-24(15-17-25)18-22(28)26-11-6-2-3-7-12-26/h4-5,8-9,19H,2-3,6-7,10-18H2,1H3/p+2/t19-/m1/s1. The minimum absolute atomic E-state index is 0.0241. The van der Waals surface area contributed by atoms with Crippen molar-refractivity contribution < 1.29 is 19.4 Å². The number of anilines is 1. The van der Waals surface area contributed by atoms with Crippen LogP contribution in [0.4, 0.5) is 5.69 Å². The third kappa shape index (κ3) is 4.64. The van der Waals surface area contributed by atoms with E-state index < -0.39 is 0 Å². The van der Waals surface area contributed by atoms with Crippen LogP contribution in [0.2, 0.25) is 0 Å². The van der Waals surface area contributed by atoms with Gasteiger partial charge in [0.25, 0.3) is 11.8 Å². The van der Waals surface area contributed by atoms with Crippen LogP contribution in [0.25, 0.3) is 0 Å². The smallest absolute Gasteiger partial charge is 0.284 e. The lowest BCUT2D eigenvalue weighted by atomic mass is 10.1. The van der Waals surface area contributed by atoms with Crippen LogP contribution in [0.5, 0.6) is 0 Å². The number of amides is 2. The molecule has 0 radical (unpaired) electrons. The summed E-state index contributed by atoms with van der Waals surface area (Å²) in [6, 6.07) is 8.24. The molecule has 6 nitrogen and oxygen atoms in total. The minimum atomic E-state index is -0.0241. The molecule has 0 aliphatic carbocycles. The molecular weight excluding hydrogens is 364 g/mol. The summed E-state index contributed by atoms with van der Waals surface area (Å²) in [5.41, 5.74) is 2.38. The van der Waals surface area contributed by atoms with Crippen molar-refractivity contribution in [2.45, 2.75) is 45.1 Å². The first-order valence-electron chi connectivity index (χ1n) is 11.5. The van der Waals surface area contributed by atoms with Crippen molar-refractivity contribution in [3.8, 4) is 0 Å². The lowest BCUT2D eigenvalue weighted by Crippen LogP contribution is -3.30. The molecule has 3 aliphatic rings. The van der Waals surface area contributed by atoms with E-state index in [1.807, 2.05) is 11.0 Å².